The van der Waals surface area contributed by atoms with Gasteiger partial charge in [-0.15, -0.1) is 0 Å². The van der Waals surface area contributed by atoms with Crippen LogP contribution in [-0.2, 0) is 4.57 Å². The van der Waals surface area contributed by atoms with E-state index in [9.17, 15) is 14.4 Å². The van der Waals surface area contributed by atoms with Crippen LogP contribution >= 0.6 is 7.60 Å². The van der Waals surface area contributed by atoms with Crippen molar-refractivity contribution in [1.29, 1.82) is 5.26 Å². The van der Waals surface area contributed by atoms with Crippen molar-refractivity contribution in [3.8, 4) is 6.07 Å². The molecule has 0 heterocycles. The summed E-state index contributed by atoms with van der Waals surface area (Å²) >= 11 is 0. The SMILES string of the molecule is CCC1(CC#N)CCCC1(CC)CP(=O)(O)O. The van der Waals surface area contributed by atoms with Crippen LogP contribution in [0.1, 0.15) is 52.4 Å². The standard InChI is InChI=1S/C12H22NO3P/c1-3-11(8-9-13)6-5-7-12(11,4-2)10-17(14,15)16/h3-8,10H2,1-2H3,(H2,14,15,16). The first-order valence-electron chi connectivity index (χ1n) is 6.26. The second kappa shape index (κ2) is 5.10. The lowest BCUT2D eigenvalue weighted by Crippen LogP contribution is -2.39. The molecular weight excluding hydrogens is 237 g/mol. The average molecular weight is 259 g/mol. The summed E-state index contributed by atoms with van der Waals surface area (Å²) in [6, 6.07) is 2.22. The number of nitrogens with zero attached hydrogens (tertiary/aromatic N) is 1. The maximum atomic E-state index is 11.4. The second-order valence-corrected chi connectivity index (χ2v) is 6.92. The van der Waals surface area contributed by atoms with Gasteiger partial charge in [0.05, 0.1) is 12.2 Å². The lowest BCUT2D eigenvalue weighted by Gasteiger charge is -2.44. The molecule has 0 aromatic heterocycles. The Labute approximate surface area is 103 Å². The maximum absolute atomic E-state index is 11.4. The van der Waals surface area contributed by atoms with E-state index < -0.39 is 7.60 Å². The van der Waals surface area contributed by atoms with Crippen molar-refractivity contribution in [2.75, 3.05) is 6.16 Å². The first-order chi connectivity index (χ1) is 7.85. The molecule has 0 aromatic carbocycles. The van der Waals surface area contributed by atoms with Crippen molar-refractivity contribution in [1.82, 2.24) is 0 Å². The number of nitriles is 1. The second-order valence-electron chi connectivity index (χ2n) is 5.28. The molecule has 1 aliphatic carbocycles. The van der Waals surface area contributed by atoms with Crippen LogP contribution < -0.4 is 0 Å². The van der Waals surface area contributed by atoms with E-state index in [4.69, 9.17) is 5.26 Å². The maximum Gasteiger partial charge on any atom is 0.326 e. The molecule has 1 saturated carbocycles. The summed E-state index contributed by atoms with van der Waals surface area (Å²) in [6.45, 7) is 4.02. The Morgan fingerprint density at radius 2 is 1.76 bits per heavy atom. The zero-order chi connectivity index (χ0) is 13.2. The molecule has 0 saturated heterocycles. The number of hydrogen-bond acceptors (Lipinski definition) is 2. The monoisotopic (exact) mass is 259 g/mol. The minimum Gasteiger partial charge on any atom is -0.324 e. The van der Waals surface area contributed by atoms with Crippen molar-refractivity contribution in [2.24, 2.45) is 10.8 Å². The van der Waals surface area contributed by atoms with E-state index in [-0.39, 0.29) is 17.0 Å². The third kappa shape index (κ3) is 2.73. The molecule has 2 atom stereocenters. The van der Waals surface area contributed by atoms with Crippen LogP contribution in [0.3, 0.4) is 0 Å². The third-order valence-corrected chi connectivity index (χ3v) is 5.73. The summed E-state index contributed by atoms with van der Waals surface area (Å²) in [6.07, 6.45) is 4.66. The summed E-state index contributed by atoms with van der Waals surface area (Å²) in [4.78, 5) is 18.6. The summed E-state index contributed by atoms with van der Waals surface area (Å²) < 4.78 is 11.4. The number of hydrogen-bond donors (Lipinski definition) is 2. The van der Waals surface area contributed by atoms with Gasteiger partial charge in [0.25, 0.3) is 0 Å². The van der Waals surface area contributed by atoms with Crippen LogP contribution in [0.25, 0.3) is 0 Å². The normalized spacial score (nSPS) is 33.6. The molecule has 1 rings (SSSR count). The summed E-state index contributed by atoms with van der Waals surface area (Å²) in [5.41, 5.74) is -0.547. The Hall–Kier alpha value is -0.360. The van der Waals surface area contributed by atoms with E-state index in [1.54, 1.807) is 0 Å². The fourth-order valence-electron chi connectivity index (χ4n) is 3.70. The third-order valence-electron chi connectivity index (χ3n) is 4.72. The highest BCUT2D eigenvalue weighted by atomic mass is 31.2. The molecule has 4 nitrogen and oxygen atoms in total. The van der Waals surface area contributed by atoms with Crippen molar-refractivity contribution >= 4 is 7.60 Å². The van der Waals surface area contributed by atoms with Gasteiger partial charge in [0.1, 0.15) is 0 Å². The first kappa shape index (κ1) is 14.7. The zero-order valence-corrected chi connectivity index (χ0v) is 11.5. The van der Waals surface area contributed by atoms with Gasteiger partial charge in [0.15, 0.2) is 0 Å². The Bertz CT molecular complexity index is 359. The molecule has 17 heavy (non-hydrogen) atoms. The van der Waals surface area contributed by atoms with Gasteiger partial charge < -0.3 is 9.79 Å². The molecule has 0 aliphatic heterocycles. The smallest absolute Gasteiger partial charge is 0.324 e. The predicted octanol–water partition coefficient (Wildman–Crippen LogP) is 3.05. The molecule has 0 radical (unpaired) electrons. The topological polar surface area (TPSA) is 81.3 Å². The molecule has 2 unspecified atom stereocenters. The summed E-state index contributed by atoms with van der Waals surface area (Å²) in [5.74, 6) is 0. The van der Waals surface area contributed by atoms with Crippen molar-refractivity contribution < 1.29 is 14.4 Å². The molecule has 0 bridgehead atoms. The average Bonchev–Trinajstić information content (AvgIpc) is 2.56. The quantitative estimate of drug-likeness (QED) is 0.743. The highest BCUT2D eigenvalue weighted by Gasteiger charge is 2.54. The van der Waals surface area contributed by atoms with Crippen LogP contribution in [0.15, 0.2) is 0 Å². The van der Waals surface area contributed by atoms with E-state index >= 15 is 0 Å². The minimum absolute atomic E-state index is 0.0635. The first-order valence-corrected chi connectivity index (χ1v) is 8.06. The van der Waals surface area contributed by atoms with Gasteiger partial charge >= 0.3 is 7.60 Å². The Balaban J connectivity index is 3.11. The Morgan fingerprint density at radius 1 is 1.24 bits per heavy atom. The summed E-state index contributed by atoms with van der Waals surface area (Å²) in [5, 5.41) is 9.01. The molecule has 98 valence electrons. The van der Waals surface area contributed by atoms with Crippen LogP contribution in [0.2, 0.25) is 0 Å². The van der Waals surface area contributed by atoms with Gasteiger partial charge in [-0.05, 0) is 36.5 Å². The predicted molar refractivity (Wildman–Crippen MR) is 66.4 cm³/mol. The van der Waals surface area contributed by atoms with Gasteiger partial charge in [0.2, 0.25) is 0 Å². The van der Waals surface area contributed by atoms with Gasteiger partial charge in [-0.1, -0.05) is 20.3 Å². The van der Waals surface area contributed by atoms with E-state index in [0.717, 1.165) is 32.1 Å². The molecule has 1 aliphatic rings. The van der Waals surface area contributed by atoms with Gasteiger partial charge in [-0.2, -0.15) is 5.26 Å². The zero-order valence-electron chi connectivity index (χ0n) is 10.6. The van der Waals surface area contributed by atoms with Gasteiger partial charge in [-0.25, -0.2) is 0 Å². The van der Waals surface area contributed by atoms with Crippen LogP contribution in [-0.4, -0.2) is 15.9 Å². The summed E-state index contributed by atoms with van der Waals surface area (Å²) in [7, 11) is -4.02. The van der Waals surface area contributed by atoms with Crippen LogP contribution in [0.4, 0.5) is 0 Å². The van der Waals surface area contributed by atoms with Crippen molar-refractivity contribution in [3.63, 3.8) is 0 Å². The lowest BCUT2D eigenvalue weighted by molar-refractivity contribution is 0.0807. The fraction of sp³-hybridized carbons (Fsp3) is 0.917. The molecule has 0 spiro atoms. The van der Waals surface area contributed by atoms with E-state index in [0.29, 0.717) is 6.42 Å². The van der Waals surface area contributed by atoms with Crippen molar-refractivity contribution in [2.45, 2.75) is 52.4 Å². The Kier molecular flexibility index (Phi) is 4.41. The molecule has 0 aromatic rings. The molecule has 5 heteroatoms. The van der Waals surface area contributed by atoms with E-state index in [1.165, 1.54) is 0 Å². The Morgan fingerprint density at radius 3 is 2.18 bits per heavy atom. The lowest BCUT2D eigenvalue weighted by atomic mass is 9.62. The van der Waals surface area contributed by atoms with Gasteiger partial charge in [0, 0.05) is 6.42 Å². The number of rotatable bonds is 5. The fourth-order valence-corrected chi connectivity index (χ4v) is 5.21. The molecule has 2 N–H and O–H groups in total. The highest BCUT2D eigenvalue weighted by molar-refractivity contribution is 7.51. The molecule has 0 amide bonds. The van der Waals surface area contributed by atoms with E-state index in [2.05, 4.69) is 6.07 Å². The van der Waals surface area contributed by atoms with Crippen LogP contribution in [0.5, 0.6) is 0 Å². The van der Waals surface area contributed by atoms with E-state index in [1.807, 2.05) is 13.8 Å². The molecule has 1 fully saturated rings. The highest BCUT2D eigenvalue weighted by Crippen LogP contribution is 2.63. The molecular formula is C12H22NO3P. The van der Waals surface area contributed by atoms with Crippen molar-refractivity contribution in [3.05, 3.63) is 0 Å². The van der Waals surface area contributed by atoms with Crippen LogP contribution in [0, 0.1) is 22.2 Å². The largest absolute Gasteiger partial charge is 0.326 e. The van der Waals surface area contributed by atoms with Gasteiger partial charge in [-0.3, -0.25) is 4.57 Å². The minimum atomic E-state index is -4.02.